The Balaban J connectivity index is 1.65. The molecule has 2 aromatic heterocycles. The van der Waals surface area contributed by atoms with Gasteiger partial charge in [-0.2, -0.15) is 5.10 Å². The molecule has 1 saturated carbocycles. The second kappa shape index (κ2) is 6.57. The maximum absolute atomic E-state index is 12.6. The van der Waals surface area contributed by atoms with Crippen LogP contribution in [0.2, 0.25) is 0 Å². The van der Waals surface area contributed by atoms with E-state index in [4.69, 9.17) is 0 Å². The molecule has 25 heavy (non-hydrogen) atoms. The first kappa shape index (κ1) is 16.8. The summed E-state index contributed by atoms with van der Waals surface area (Å²) in [4.78, 5) is 13.6. The van der Waals surface area contributed by atoms with Crippen LogP contribution in [-0.4, -0.2) is 41.7 Å². The number of carbonyl (C=O) groups is 1. The van der Waals surface area contributed by atoms with Crippen LogP contribution >= 0.6 is 11.3 Å². The van der Waals surface area contributed by atoms with Gasteiger partial charge in [0.1, 0.15) is 0 Å². The molecule has 4 rings (SSSR count). The summed E-state index contributed by atoms with van der Waals surface area (Å²) in [5.74, 6) is 0.117. The maximum atomic E-state index is 12.6. The van der Waals surface area contributed by atoms with Crippen molar-refractivity contribution in [2.24, 2.45) is 0 Å². The smallest absolute Gasteiger partial charge is 0.272 e. The van der Waals surface area contributed by atoms with Gasteiger partial charge in [-0.15, -0.1) is 11.3 Å². The summed E-state index contributed by atoms with van der Waals surface area (Å²) >= 11 is 1.56. The lowest BCUT2D eigenvalue weighted by atomic mass is 10.2. The fourth-order valence-electron chi connectivity index (χ4n) is 3.69. The molecule has 1 N–H and O–H groups in total. The molecule has 0 spiro atoms. The van der Waals surface area contributed by atoms with Crippen LogP contribution in [0, 0.1) is 0 Å². The van der Waals surface area contributed by atoms with Gasteiger partial charge in [0.05, 0.1) is 28.1 Å². The summed E-state index contributed by atoms with van der Waals surface area (Å²) in [5, 5.41) is 9.53. The number of nitrogens with one attached hydrogen (secondary N) is 1. The number of hydrogen-bond acceptors (Lipinski definition) is 5. The second-order valence-electron chi connectivity index (χ2n) is 6.85. The molecule has 2 aliphatic rings. The van der Waals surface area contributed by atoms with Crippen LogP contribution in [0.1, 0.15) is 48.6 Å². The molecule has 3 heterocycles. The number of rotatable bonds is 4. The van der Waals surface area contributed by atoms with Crippen molar-refractivity contribution in [1.29, 1.82) is 0 Å². The topological polar surface area (TPSA) is 81.1 Å². The highest BCUT2D eigenvalue weighted by molar-refractivity contribution is 7.91. The van der Waals surface area contributed by atoms with Crippen molar-refractivity contribution in [3.63, 3.8) is 0 Å². The number of hydrogen-bond donors (Lipinski definition) is 1. The van der Waals surface area contributed by atoms with Crippen molar-refractivity contribution in [2.45, 2.75) is 44.2 Å². The molecule has 6 nitrogen and oxygen atoms in total. The summed E-state index contributed by atoms with van der Waals surface area (Å²) in [6.45, 7) is 0. The Morgan fingerprint density at radius 3 is 2.72 bits per heavy atom. The first-order valence-electron chi connectivity index (χ1n) is 8.66. The Kier molecular flexibility index (Phi) is 4.41. The molecule has 0 unspecified atom stereocenters. The zero-order chi connectivity index (χ0) is 17.4. The number of amides is 1. The molecule has 8 heteroatoms. The second-order valence-corrected chi connectivity index (χ2v) is 10.0. The minimum atomic E-state index is -3.02. The van der Waals surface area contributed by atoms with Crippen molar-refractivity contribution in [3.05, 3.63) is 29.3 Å². The number of sulfone groups is 1. The largest absolute Gasteiger partial charge is 0.348 e. The lowest BCUT2D eigenvalue weighted by molar-refractivity contribution is 0.0931. The van der Waals surface area contributed by atoms with Crippen LogP contribution in [-0.2, 0) is 9.84 Å². The lowest BCUT2D eigenvalue weighted by Gasteiger charge is -2.12. The third-order valence-corrected chi connectivity index (χ3v) is 7.63. The quantitative estimate of drug-likeness (QED) is 0.885. The SMILES string of the molecule is O=C(NC1CCCC1)c1cc(-c2cccs2)n([C@@H]2CCS(=O)(=O)C2)n1. The van der Waals surface area contributed by atoms with Gasteiger partial charge in [0, 0.05) is 6.04 Å². The first-order valence-corrected chi connectivity index (χ1v) is 11.4. The normalized spacial score (nSPS) is 23.1. The van der Waals surface area contributed by atoms with Crippen molar-refractivity contribution >= 4 is 27.1 Å². The summed E-state index contributed by atoms with van der Waals surface area (Å²) in [6, 6.07) is 5.74. The molecule has 0 bridgehead atoms. The lowest BCUT2D eigenvalue weighted by Crippen LogP contribution is -2.33. The van der Waals surface area contributed by atoms with Crippen LogP contribution in [0.25, 0.3) is 10.6 Å². The first-order chi connectivity index (χ1) is 12.0. The van der Waals surface area contributed by atoms with Crippen LogP contribution in [0.15, 0.2) is 23.6 Å². The molecular weight excluding hydrogens is 358 g/mol. The predicted octanol–water partition coefficient (Wildman–Crippen LogP) is 2.64. The van der Waals surface area contributed by atoms with Gasteiger partial charge in [0.2, 0.25) is 0 Å². The zero-order valence-corrected chi connectivity index (χ0v) is 15.5. The van der Waals surface area contributed by atoms with Crippen LogP contribution < -0.4 is 5.32 Å². The van der Waals surface area contributed by atoms with Crippen LogP contribution in [0.4, 0.5) is 0 Å². The Morgan fingerprint density at radius 1 is 1.28 bits per heavy atom. The van der Waals surface area contributed by atoms with Crippen molar-refractivity contribution in [1.82, 2.24) is 15.1 Å². The van der Waals surface area contributed by atoms with Gasteiger partial charge in [-0.1, -0.05) is 18.9 Å². The van der Waals surface area contributed by atoms with E-state index in [0.29, 0.717) is 12.1 Å². The number of nitrogens with zero attached hydrogens (tertiary/aromatic N) is 2. The summed E-state index contributed by atoms with van der Waals surface area (Å²) in [7, 11) is -3.02. The minimum absolute atomic E-state index is 0.0940. The Bertz CT molecular complexity index is 865. The molecule has 1 atom stereocenters. The van der Waals surface area contributed by atoms with Gasteiger partial charge in [-0.3, -0.25) is 9.48 Å². The van der Waals surface area contributed by atoms with E-state index in [1.165, 1.54) is 0 Å². The Labute approximate surface area is 151 Å². The van der Waals surface area contributed by atoms with Crippen molar-refractivity contribution in [2.75, 3.05) is 11.5 Å². The van der Waals surface area contributed by atoms with Crippen molar-refractivity contribution < 1.29 is 13.2 Å². The van der Waals surface area contributed by atoms with Crippen LogP contribution in [0.3, 0.4) is 0 Å². The average Bonchev–Trinajstić information content (AvgIpc) is 3.33. The standard InChI is InChI=1S/C17H21N3O3S2/c21-17(18-12-4-1-2-5-12)14-10-15(16-6-3-8-24-16)20(19-14)13-7-9-25(22,23)11-13/h3,6,8,10,12-13H,1-2,4-5,7,9,11H2,(H,18,21)/t13-/m1/s1. The van der Waals surface area contributed by atoms with Gasteiger partial charge >= 0.3 is 0 Å². The zero-order valence-electron chi connectivity index (χ0n) is 13.8. The molecule has 0 radical (unpaired) electrons. The maximum Gasteiger partial charge on any atom is 0.272 e. The van der Waals surface area contributed by atoms with E-state index in [1.807, 2.05) is 17.5 Å². The van der Waals surface area contributed by atoms with E-state index in [1.54, 1.807) is 22.1 Å². The van der Waals surface area contributed by atoms with Gasteiger partial charge in [-0.25, -0.2) is 8.42 Å². The molecule has 2 fully saturated rings. The summed E-state index contributed by atoms with van der Waals surface area (Å²) in [6.07, 6.45) is 4.89. The third-order valence-electron chi connectivity index (χ3n) is 4.99. The van der Waals surface area contributed by atoms with Crippen LogP contribution in [0.5, 0.6) is 0 Å². The van der Waals surface area contributed by atoms with E-state index >= 15 is 0 Å². The highest BCUT2D eigenvalue weighted by Gasteiger charge is 2.32. The molecular formula is C17H21N3O3S2. The molecule has 1 amide bonds. The highest BCUT2D eigenvalue weighted by Crippen LogP contribution is 2.32. The molecule has 134 valence electrons. The summed E-state index contributed by atoms with van der Waals surface area (Å²) < 4.78 is 25.5. The van der Waals surface area contributed by atoms with E-state index in [9.17, 15) is 13.2 Å². The fourth-order valence-corrected chi connectivity index (χ4v) is 6.12. The number of aromatic nitrogens is 2. The minimum Gasteiger partial charge on any atom is -0.348 e. The van der Waals surface area contributed by atoms with Gasteiger partial charge in [0.25, 0.3) is 5.91 Å². The van der Waals surface area contributed by atoms with E-state index in [-0.39, 0.29) is 29.5 Å². The van der Waals surface area contributed by atoms with E-state index < -0.39 is 9.84 Å². The Hall–Kier alpha value is -1.67. The van der Waals surface area contributed by atoms with Gasteiger partial charge in [-0.05, 0) is 36.8 Å². The Morgan fingerprint density at radius 2 is 2.08 bits per heavy atom. The molecule has 1 aliphatic carbocycles. The highest BCUT2D eigenvalue weighted by atomic mass is 32.2. The number of carbonyl (C=O) groups excluding carboxylic acids is 1. The monoisotopic (exact) mass is 379 g/mol. The molecule has 0 aromatic carbocycles. The average molecular weight is 380 g/mol. The van der Waals surface area contributed by atoms with Gasteiger partial charge < -0.3 is 5.32 Å². The molecule has 2 aromatic rings. The molecule has 1 aliphatic heterocycles. The van der Waals surface area contributed by atoms with E-state index in [0.717, 1.165) is 36.3 Å². The predicted molar refractivity (Wildman–Crippen MR) is 97.6 cm³/mol. The van der Waals surface area contributed by atoms with Crippen molar-refractivity contribution in [3.8, 4) is 10.6 Å². The number of thiophene rings is 1. The van der Waals surface area contributed by atoms with Gasteiger partial charge in [0.15, 0.2) is 15.5 Å². The summed E-state index contributed by atoms with van der Waals surface area (Å²) in [5.41, 5.74) is 1.20. The van der Waals surface area contributed by atoms with E-state index in [2.05, 4.69) is 10.4 Å². The fraction of sp³-hybridized carbons (Fsp3) is 0.529. The third kappa shape index (κ3) is 3.50. The molecule has 1 saturated heterocycles.